The highest BCUT2D eigenvalue weighted by molar-refractivity contribution is 7.07. The van der Waals surface area contributed by atoms with E-state index in [0.29, 0.717) is 33.0 Å². The van der Waals surface area contributed by atoms with Crippen LogP contribution in [0.3, 0.4) is 0 Å². The molecule has 1 aliphatic heterocycles. The van der Waals surface area contributed by atoms with Crippen LogP contribution in [0, 0.1) is 5.92 Å². The van der Waals surface area contributed by atoms with Crippen molar-refractivity contribution in [2.75, 3.05) is 13.7 Å². The van der Waals surface area contributed by atoms with Crippen LogP contribution in [0.5, 0.6) is 17.2 Å². The quantitative estimate of drug-likeness (QED) is 0.181. The highest BCUT2D eigenvalue weighted by atomic mass is 32.1. The predicted molar refractivity (Wildman–Crippen MR) is 171 cm³/mol. The number of esters is 2. The number of rotatable bonds is 10. The molecule has 2 heterocycles. The molecule has 0 spiro atoms. The fraction of sp³-hybridized carbons (Fsp3) is 0.257. The molecule has 0 bridgehead atoms. The van der Waals surface area contributed by atoms with Gasteiger partial charge in [-0.05, 0) is 59.9 Å². The summed E-state index contributed by atoms with van der Waals surface area (Å²) in [7, 11) is 1.45. The van der Waals surface area contributed by atoms with Gasteiger partial charge in [-0.1, -0.05) is 73.7 Å². The van der Waals surface area contributed by atoms with Crippen LogP contribution in [0.15, 0.2) is 93.9 Å². The average Bonchev–Trinajstić information content (AvgIpc) is 3.33. The SMILES string of the molecule is COc1cc([C@H]2C(C(=O)OCC(C)C)=C(C)N=c3s/c(=C/c4ccc(OCc5ccccc5)cc4)c(=O)n32)ccc1OC(C)=O. The minimum Gasteiger partial charge on any atom is -0.493 e. The lowest BCUT2D eigenvalue weighted by atomic mass is 9.95. The molecule has 9 nitrogen and oxygen atoms in total. The van der Waals surface area contributed by atoms with Crippen molar-refractivity contribution < 1.29 is 28.5 Å². The standard InChI is InChI=1S/C35H34N2O7S/c1-21(2)19-43-34(40)31-22(3)36-35-37(32(31)26-13-16-28(44-23(4)38)29(18-26)41-5)33(39)30(45-35)17-24-11-14-27(15-12-24)42-20-25-9-7-6-8-10-25/h6-18,21,32H,19-20H2,1-5H3/b30-17+/t32-/m0/s1. The molecule has 0 N–H and O–H groups in total. The molecule has 1 atom stereocenters. The number of ether oxygens (including phenoxy) is 4. The second-order valence-electron chi connectivity index (χ2n) is 10.9. The Hall–Kier alpha value is -4.96. The summed E-state index contributed by atoms with van der Waals surface area (Å²) in [4.78, 5) is 44.2. The van der Waals surface area contributed by atoms with E-state index in [2.05, 4.69) is 4.99 Å². The number of benzene rings is 3. The van der Waals surface area contributed by atoms with Gasteiger partial charge in [-0.2, -0.15) is 0 Å². The molecule has 10 heteroatoms. The fourth-order valence-electron chi connectivity index (χ4n) is 4.86. The maximum Gasteiger partial charge on any atom is 0.338 e. The van der Waals surface area contributed by atoms with Crippen LogP contribution in [0.25, 0.3) is 6.08 Å². The van der Waals surface area contributed by atoms with Crippen molar-refractivity contribution in [3.63, 3.8) is 0 Å². The lowest BCUT2D eigenvalue weighted by Gasteiger charge is -2.25. The lowest BCUT2D eigenvalue weighted by molar-refractivity contribution is -0.140. The first kappa shape index (κ1) is 31.5. The van der Waals surface area contributed by atoms with Gasteiger partial charge in [0, 0.05) is 6.92 Å². The molecule has 0 unspecified atom stereocenters. The summed E-state index contributed by atoms with van der Waals surface area (Å²) in [6, 6.07) is 21.5. The molecule has 4 aromatic rings. The Bertz CT molecular complexity index is 1920. The molecule has 45 heavy (non-hydrogen) atoms. The maximum atomic E-state index is 14.0. The highest BCUT2D eigenvalue weighted by Gasteiger charge is 2.34. The number of hydrogen-bond acceptors (Lipinski definition) is 9. The molecule has 0 saturated carbocycles. The molecule has 1 aromatic heterocycles. The number of carbonyl (C=O) groups is 2. The lowest BCUT2D eigenvalue weighted by Crippen LogP contribution is -2.40. The van der Waals surface area contributed by atoms with E-state index in [9.17, 15) is 14.4 Å². The fourth-order valence-corrected chi connectivity index (χ4v) is 5.91. The van der Waals surface area contributed by atoms with Crippen LogP contribution in [-0.2, 0) is 20.9 Å². The van der Waals surface area contributed by atoms with Crippen LogP contribution in [0.4, 0.5) is 0 Å². The topological polar surface area (TPSA) is 105 Å². The third-order valence-corrected chi connectivity index (χ3v) is 7.96. The van der Waals surface area contributed by atoms with Crippen LogP contribution in [-0.4, -0.2) is 30.2 Å². The number of allylic oxidation sites excluding steroid dienone is 1. The number of carbonyl (C=O) groups excluding carboxylic acids is 2. The summed E-state index contributed by atoms with van der Waals surface area (Å²) in [5.41, 5.74) is 2.84. The first-order valence-electron chi connectivity index (χ1n) is 14.5. The molecule has 0 fully saturated rings. The van der Waals surface area contributed by atoms with E-state index in [1.165, 1.54) is 29.9 Å². The van der Waals surface area contributed by atoms with Gasteiger partial charge in [0.05, 0.1) is 35.6 Å². The summed E-state index contributed by atoms with van der Waals surface area (Å²) in [6.07, 6.45) is 1.79. The van der Waals surface area contributed by atoms with Crippen molar-refractivity contribution >= 4 is 29.4 Å². The third-order valence-electron chi connectivity index (χ3n) is 6.97. The number of hydrogen-bond donors (Lipinski definition) is 0. The molecule has 0 amide bonds. The second-order valence-corrected chi connectivity index (χ2v) is 11.9. The summed E-state index contributed by atoms with van der Waals surface area (Å²) >= 11 is 1.23. The van der Waals surface area contributed by atoms with Crippen LogP contribution >= 0.6 is 11.3 Å². The molecular weight excluding hydrogens is 592 g/mol. The monoisotopic (exact) mass is 626 g/mol. The van der Waals surface area contributed by atoms with Crippen molar-refractivity contribution in [1.29, 1.82) is 0 Å². The smallest absolute Gasteiger partial charge is 0.338 e. The normalized spacial score (nSPS) is 14.5. The van der Waals surface area contributed by atoms with Gasteiger partial charge < -0.3 is 18.9 Å². The number of thiazole rings is 1. The Morgan fingerprint density at radius 3 is 2.42 bits per heavy atom. The Morgan fingerprint density at radius 2 is 1.76 bits per heavy atom. The molecule has 0 aliphatic carbocycles. The molecule has 1 aliphatic rings. The highest BCUT2D eigenvalue weighted by Crippen LogP contribution is 2.36. The van der Waals surface area contributed by atoms with Crippen molar-refractivity contribution in [3.05, 3.63) is 120 Å². The minimum absolute atomic E-state index is 0.118. The number of fused-ring (bicyclic) bond motifs is 1. The van der Waals surface area contributed by atoms with E-state index in [-0.39, 0.29) is 35.2 Å². The molecular formula is C35H34N2O7S. The van der Waals surface area contributed by atoms with Crippen LogP contribution < -0.4 is 29.1 Å². The summed E-state index contributed by atoms with van der Waals surface area (Å²) in [5.74, 6) is 0.277. The minimum atomic E-state index is -0.850. The van der Waals surface area contributed by atoms with Crippen molar-refractivity contribution in [2.45, 2.75) is 40.3 Å². The zero-order valence-electron chi connectivity index (χ0n) is 25.7. The third kappa shape index (κ3) is 7.24. The molecule has 3 aromatic carbocycles. The van der Waals surface area contributed by atoms with E-state index in [1.807, 2.05) is 68.4 Å². The first-order valence-corrected chi connectivity index (χ1v) is 15.3. The van der Waals surface area contributed by atoms with Crippen LogP contribution in [0.1, 0.15) is 50.4 Å². The summed E-state index contributed by atoms with van der Waals surface area (Å²) in [6.45, 7) is 7.59. The molecule has 5 rings (SSSR count). The maximum absolute atomic E-state index is 14.0. The first-order chi connectivity index (χ1) is 21.6. The molecule has 232 valence electrons. The largest absolute Gasteiger partial charge is 0.493 e. The van der Waals surface area contributed by atoms with Crippen LogP contribution in [0.2, 0.25) is 0 Å². The van der Waals surface area contributed by atoms with E-state index < -0.39 is 18.0 Å². The Balaban J connectivity index is 1.54. The van der Waals surface area contributed by atoms with Crippen molar-refractivity contribution in [3.8, 4) is 17.2 Å². The predicted octanol–water partition coefficient (Wildman–Crippen LogP) is 4.95. The van der Waals surface area contributed by atoms with Gasteiger partial charge in [-0.3, -0.25) is 14.2 Å². The van der Waals surface area contributed by atoms with E-state index >= 15 is 0 Å². The Labute approximate surface area is 264 Å². The van der Waals surface area contributed by atoms with E-state index in [4.69, 9.17) is 18.9 Å². The second kappa shape index (κ2) is 13.8. The van der Waals surface area contributed by atoms with Gasteiger partial charge >= 0.3 is 11.9 Å². The van der Waals surface area contributed by atoms with Gasteiger partial charge in [-0.15, -0.1) is 0 Å². The number of aromatic nitrogens is 1. The van der Waals surface area contributed by atoms with Gasteiger partial charge in [0.15, 0.2) is 16.3 Å². The van der Waals surface area contributed by atoms with Gasteiger partial charge in [0.1, 0.15) is 12.4 Å². The average molecular weight is 627 g/mol. The Morgan fingerprint density at radius 1 is 1.02 bits per heavy atom. The molecule has 0 radical (unpaired) electrons. The summed E-state index contributed by atoms with van der Waals surface area (Å²) in [5, 5.41) is 0. The number of methoxy groups -OCH3 is 1. The molecule has 0 saturated heterocycles. The Kier molecular flexibility index (Phi) is 9.63. The van der Waals surface area contributed by atoms with E-state index in [1.54, 1.807) is 31.2 Å². The zero-order valence-corrected chi connectivity index (χ0v) is 26.6. The van der Waals surface area contributed by atoms with E-state index in [0.717, 1.165) is 11.1 Å². The van der Waals surface area contributed by atoms with Crippen molar-refractivity contribution in [1.82, 2.24) is 4.57 Å². The van der Waals surface area contributed by atoms with Gasteiger partial charge in [0.25, 0.3) is 5.56 Å². The zero-order chi connectivity index (χ0) is 32.1. The van der Waals surface area contributed by atoms with Crippen molar-refractivity contribution in [2.24, 2.45) is 10.9 Å². The number of nitrogens with zero attached hydrogens (tertiary/aromatic N) is 2. The summed E-state index contributed by atoms with van der Waals surface area (Å²) < 4.78 is 24.3. The van der Waals surface area contributed by atoms with Gasteiger partial charge in [-0.25, -0.2) is 9.79 Å². The van der Waals surface area contributed by atoms with Gasteiger partial charge in [0.2, 0.25) is 0 Å².